The summed E-state index contributed by atoms with van der Waals surface area (Å²) < 4.78 is 1.90. The number of rotatable bonds is 4. The summed E-state index contributed by atoms with van der Waals surface area (Å²) >= 11 is 6.37. The highest BCUT2D eigenvalue weighted by atomic mass is 35.5. The molecule has 128 valence electrons. The van der Waals surface area contributed by atoms with Crippen molar-refractivity contribution in [1.29, 1.82) is 0 Å². The molecule has 1 N–H and O–H groups in total. The number of hydrogen-bond donors (Lipinski definition) is 1. The number of imidazole rings is 1. The molecule has 0 spiro atoms. The van der Waals surface area contributed by atoms with Crippen molar-refractivity contribution < 1.29 is 4.79 Å². The zero-order valence-electron chi connectivity index (χ0n) is 13.9. The third-order valence-electron chi connectivity index (χ3n) is 4.13. The van der Waals surface area contributed by atoms with E-state index in [-0.39, 0.29) is 12.5 Å². The van der Waals surface area contributed by atoms with E-state index >= 15 is 0 Å². The Morgan fingerprint density at radius 3 is 2.42 bits per heavy atom. The van der Waals surface area contributed by atoms with E-state index in [2.05, 4.69) is 5.32 Å². The van der Waals surface area contributed by atoms with Crippen molar-refractivity contribution in [1.82, 2.24) is 9.55 Å². The van der Waals surface area contributed by atoms with Crippen LogP contribution in [-0.2, 0) is 11.3 Å². The van der Waals surface area contributed by atoms with Crippen LogP contribution in [0.15, 0.2) is 78.9 Å². The van der Waals surface area contributed by atoms with Crippen molar-refractivity contribution in [3.63, 3.8) is 0 Å². The highest BCUT2D eigenvalue weighted by molar-refractivity contribution is 6.33. The first-order valence-electron chi connectivity index (χ1n) is 8.27. The second-order valence-electron chi connectivity index (χ2n) is 5.90. The number of para-hydroxylation sites is 3. The Morgan fingerprint density at radius 2 is 1.62 bits per heavy atom. The first-order valence-corrected chi connectivity index (χ1v) is 8.65. The topological polar surface area (TPSA) is 46.9 Å². The molecule has 0 fully saturated rings. The van der Waals surface area contributed by atoms with Crippen LogP contribution in [0.3, 0.4) is 0 Å². The molecule has 4 nitrogen and oxygen atoms in total. The molecule has 1 heterocycles. The lowest BCUT2D eigenvalue weighted by Crippen LogP contribution is -2.19. The van der Waals surface area contributed by atoms with Crippen molar-refractivity contribution >= 4 is 34.2 Å². The fraction of sp³-hybridized carbons (Fsp3) is 0.0476. The molecular weight excluding hydrogens is 346 g/mol. The maximum Gasteiger partial charge on any atom is 0.244 e. The molecule has 0 aliphatic carbocycles. The zero-order valence-corrected chi connectivity index (χ0v) is 14.6. The van der Waals surface area contributed by atoms with Crippen LogP contribution in [-0.4, -0.2) is 15.5 Å². The number of amides is 1. The highest BCUT2D eigenvalue weighted by Crippen LogP contribution is 2.30. The minimum absolute atomic E-state index is 0.118. The van der Waals surface area contributed by atoms with Crippen LogP contribution in [0.1, 0.15) is 0 Å². The van der Waals surface area contributed by atoms with E-state index in [9.17, 15) is 4.79 Å². The van der Waals surface area contributed by atoms with Crippen LogP contribution in [0, 0.1) is 0 Å². The molecule has 4 rings (SSSR count). The molecular formula is C21H16ClN3O. The van der Waals surface area contributed by atoms with Gasteiger partial charge in [0.25, 0.3) is 0 Å². The van der Waals surface area contributed by atoms with Gasteiger partial charge in [0.05, 0.1) is 16.1 Å². The molecule has 0 saturated heterocycles. The number of carbonyl (C=O) groups is 1. The predicted molar refractivity (Wildman–Crippen MR) is 105 cm³/mol. The Morgan fingerprint density at radius 1 is 0.923 bits per heavy atom. The fourth-order valence-electron chi connectivity index (χ4n) is 2.95. The van der Waals surface area contributed by atoms with Crippen molar-refractivity contribution in [3.05, 3.63) is 83.9 Å². The quantitative estimate of drug-likeness (QED) is 0.556. The Bertz CT molecular complexity index is 1070. The smallest absolute Gasteiger partial charge is 0.244 e. The number of aromatic nitrogens is 2. The van der Waals surface area contributed by atoms with Crippen molar-refractivity contribution in [2.75, 3.05) is 5.32 Å². The number of nitrogens with one attached hydrogen (secondary N) is 1. The van der Waals surface area contributed by atoms with Gasteiger partial charge in [-0.05, 0) is 36.4 Å². The number of hydrogen-bond acceptors (Lipinski definition) is 2. The van der Waals surface area contributed by atoms with Gasteiger partial charge in [-0.15, -0.1) is 0 Å². The fourth-order valence-corrected chi connectivity index (χ4v) is 3.17. The van der Waals surface area contributed by atoms with Crippen molar-refractivity contribution in [2.24, 2.45) is 0 Å². The normalized spacial score (nSPS) is 10.8. The molecule has 4 aromatic rings. The molecule has 0 bridgehead atoms. The van der Waals surface area contributed by atoms with Crippen LogP contribution in [0.2, 0.25) is 5.02 Å². The van der Waals surface area contributed by atoms with Gasteiger partial charge in [-0.2, -0.15) is 0 Å². The molecule has 0 radical (unpaired) electrons. The third kappa shape index (κ3) is 3.19. The Balaban J connectivity index is 1.75. The summed E-state index contributed by atoms with van der Waals surface area (Å²) in [5.41, 5.74) is 3.29. The number of anilines is 1. The van der Waals surface area contributed by atoms with Gasteiger partial charge in [0.2, 0.25) is 5.91 Å². The van der Waals surface area contributed by atoms with E-state index < -0.39 is 0 Å². The Hall–Kier alpha value is -3.11. The summed E-state index contributed by atoms with van der Waals surface area (Å²) in [4.78, 5) is 17.3. The van der Waals surface area contributed by atoms with Gasteiger partial charge in [0.15, 0.2) is 0 Å². The van der Waals surface area contributed by atoms with E-state index in [1.54, 1.807) is 0 Å². The summed E-state index contributed by atoms with van der Waals surface area (Å²) in [5, 5.41) is 3.52. The van der Waals surface area contributed by atoms with Crippen LogP contribution in [0.4, 0.5) is 5.69 Å². The molecule has 5 heteroatoms. The molecule has 0 atom stereocenters. The average molecular weight is 362 g/mol. The molecule has 3 aromatic carbocycles. The van der Waals surface area contributed by atoms with Crippen LogP contribution < -0.4 is 5.32 Å². The van der Waals surface area contributed by atoms with Crippen LogP contribution in [0.25, 0.3) is 22.4 Å². The van der Waals surface area contributed by atoms with E-state index in [0.29, 0.717) is 10.8 Å². The number of nitrogens with zero attached hydrogens (tertiary/aromatic N) is 2. The number of carbonyl (C=O) groups excluding carboxylic acids is 1. The van der Waals surface area contributed by atoms with E-state index in [4.69, 9.17) is 16.6 Å². The van der Waals surface area contributed by atoms with Crippen LogP contribution >= 0.6 is 11.6 Å². The monoisotopic (exact) mass is 361 g/mol. The van der Waals surface area contributed by atoms with E-state index in [0.717, 1.165) is 22.3 Å². The molecule has 0 aliphatic rings. The molecule has 0 aliphatic heterocycles. The second-order valence-corrected chi connectivity index (χ2v) is 6.31. The van der Waals surface area contributed by atoms with Crippen molar-refractivity contribution in [2.45, 2.75) is 6.54 Å². The van der Waals surface area contributed by atoms with Crippen molar-refractivity contribution in [3.8, 4) is 11.4 Å². The number of fused-ring (bicyclic) bond motifs is 1. The Labute approximate surface area is 156 Å². The van der Waals surface area contributed by atoms with Gasteiger partial charge >= 0.3 is 0 Å². The lowest BCUT2D eigenvalue weighted by atomic mass is 10.2. The lowest BCUT2D eigenvalue weighted by Gasteiger charge is -2.11. The maximum atomic E-state index is 12.6. The zero-order chi connectivity index (χ0) is 17.9. The molecule has 0 unspecified atom stereocenters. The van der Waals surface area contributed by atoms with Gasteiger partial charge in [-0.1, -0.05) is 54.1 Å². The summed E-state index contributed by atoms with van der Waals surface area (Å²) in [7, 11) is 0. The maximum absolute atomic E-state index is 12.6. The first kappa shape index (κ1) is 16.4. The summed E-state index contributed by atoms with van der Waals surface area (Å²) in [5.74, 6) is 0.563. The van der Waals surface area contributed by atoms with Gasteiger partial charge in [0, 0.05) is 11.3 Å². The second kappa shape index (κ2) is 7.02. The SMILES string of the molecule is O=C(Cn1c(-c2ccccc2Cl)nc2ccccc21)Nc1ccccc1. The largest absolute Gasteiger partial charge is 0.325 e. The summed E-state index contributed by atoms with van der Waals surface area (Å²) in [6, 6.07) is 24.7. The number of halogens is 1. The standard InChI is InChI=1S/C21H16ClN3O/c22-17-11-5-4-10-16(17)21-24-18-12-6-7-13-19(18)25(21)14-20(26)23-15-8-2-1-3-9-15/h1-13H,14H2,(H,23,26). The summed E-state index contributed by atoms with van der Waals surface area (Å²) in [6.07, 6.45) is 0. The third-order valence-corrected chi connectivity index (χ3v) is 4.46. The summed E-state index contributed by atoms with van der Waals surface area (Å²) in [6.45, 7) is 0.149. The molecule has 1 amide bonds. The minimum atomic E-state index is -0.118. The average Bonchev–Trinajstić information content (AvgIpc) is 3.01. The molecule has 0 saturated carbocycles. The Kier molecular flexibility index (Phi) is 4.42. The van der Waals surface area contributed by atoms with E-state index in [1.807, 2.05) is 83.4 Å². The van der Waals surface area contributed by atoms with E-state index in [1.165, 1.54) is 0 Å². The predicted octanol–water partition coefficient (Wildman–Crippen LogP) is 5.00. The molecule has 26 heavy (non-hydrogen) atoms. The minimum Gasteiger partial charge on any atom is -0.325 e. The van der Waals surface area contributed by atoms with Gasteiger partial charge in [0.1, 0.15) is 12.4 Å². The highest BCUT2D eigenvalue weighted by Gasteiger charge is 2.16. The van der Waals surface area contributed by atoms with Gasteiger partial charge in [-0.3, -0.25) is 4.79 Å². The lowest BCUT2D eigenvalue weighted by molar-refractivity contribution is -0.116. The molecule has 1 aromatic heterocycles. The van der Waals surface area contributed by atoms with Gasteiger partial charge in [-0.25, -0.2) is 4.98 Å². The first-order chi connectivity index (χ1) is 12.7. The van der Waals surface area contributed by atoms with Gasteiger partial charge < -0.3 is 9.88 Å². The number of benzene rings is 3. The van der Waals surface area contributed by atoms with Crippen LogP contribution in [0.5, 0.6) is 0 Å².